The number of benzene rings is 6. The molecule has 0 spiro atoms. The molecule has 0 aliphatic heterocycles. The number of phenolic OH excluding ortho intramolecular Hbond substituents is 2. The second-order valence-electron chi connectivity index (χ2n) is 11.1. The van der Waals surface area contributed by atoms with Crippen LogP contribution < -0.4 is 10.6 Å². The zero-order valence-corrected chi connectivity index (χ0v) is 28.2. The molecule has 0 aliphatic rings. The van der Waals surface area contributed by atoms with Crippen LogP contribution in [0.25, 0.3) is 21.5 Å². The number of aromatic hydroxyl groups is 2. The fourth-order valence-corrected chi connectivity index (χ4v) is 6.69. The molecular formula is C34H24N6O11S2. The first-order chi connectivity index (χ1) is 25.1. The van der Waals surface area contributed by atoms with E-state index in [9.17, 15) is 45.7 Å². The van der Waals surface area contributed by atoms with E-state index >= 15 is 0 Å². The van der Waals surface area contributed by atoms with Crippen molar-refractivity contribution in [2.75, 3.05) is 10.6 Å². The fourth-order valence-electron chi connectivity index (χ4n) is 5.18. The summed E-state index contributed by atoms with van der Waals surface area (Å²) in [5, 5.41) is 51.4. The molecule has 53 heavy (non-hydrogen) atoms. The highest BCUT2D eigenvalue weighted by Crippen LogP contribution is 2.43. The lowest BCUT2D eigenvalue weighted by Crippen LogP contribution is -2.19. The summed E-state index contributed by atoms with van der Waals surface area (Å²) >= 11 is 0. The average Bonchev–Trinajstić information content (AvgIpc) is 3.09. The van der Waals surface area contributed by atoms with Gasteiger partial charge in [0.25, 0.3) is 20.2 Å². The van der Waals surface area contributed by atoms with Crippen LogP contribution in [0.5, 0.6) is 11.5 Å². The van der Waals surface area contributed by atoms with E-state index in [2.05, 4.69) is 31.1 Å². The number of aromatic carboxylic acids is 1. The second kappa shape index (κ2) is 14.1. The van der Waals surface area contributed by atoms with E-state index in [4.69, 9.17) is 5.11 Å². The minimum absolute atomic E-state index is 0.0292. The number of rotatable bonds is 9. The Morgan fingerprint density at radius 2 is 1.13 bits per heavy atom. The molecule has 0 heterocycles. The number of carboxylic acid groups (broad SMARTS) is 1. The first-order valence-electron chi connectivity index (χ1n) is 14.9. The molecule has 0 fully saturated rings. The number of phenols is 2. The normalized spacial score (nSPS) is 12.1. The fraction of sp³-hybridized carbons (Fsp3) is 0. The molecule has 0 saturated carbocycles. The van der Waals surface area contributed by atoms with Gasteiger partial charge in [-0.1, -0.05) is 24.3 Å². The van der Waals surface area contributed by atoms with Crippen molar-refractivity contribution >= 4 is 87.9 Å². The number of amides is 2. The van der Waals surface area contributed by atoms with Gasteiger partial charge in [-0.05, 0) is 89.6 Å². The summed E-state index contributed by atoms with van der Waals surface area (Å²) < 4.78 is 69.3. The molecule has 0 saturated heterocycles. The molecule has 19 heteroatoms. The Kier molecular flexibility index (Phi) is 9.56. The Hall–Kier alpha value is -6.80. The summed E-state index contributed by atoms with van der Waals surface area (Å²) in [6.45, 7) is 0. The molecule has 0 radical (unpaired) electrons. The third kappa shape index (κ3) is 7.92. The van der Waals surface area contributed by atoms with E-state index in [1.54, 1.807) is 30.3 Å². The van der Waals surface area contributed by atoms with E-state index < -0.39 is 64.9 Å². The van der Waals surface area contributed by atoms with Gasteiger partial charge in [-0.15, -0.1) is 10.2 Å². The summed E-state index contributed by atoms with van der Waals surface area (Å²) in [5.41, 5.74) is -0.387. The zero-order chi connectivity index (χ0) is 38.1. The smallest absolute Gasteiger partial charge is 0.335 e. The van der Waals surface area contributed by atoms with Crippen LogP contribution in [0.15, 0.2) is 133 Å². The van der Waals surface area contributed by atoms with Gasteiger partial charge in [0, 0.05) is 22.1 Å². The number of nitrogens with zero attached hydrogens (tertiary/aromatic N) is 4. The van der Waals surface area contributed by atoms with Crippen LogP contribution in [-0.2, 0) is 20.2 Å². The largest absolute Gasteiger partial charge is 0.506 e. The summed E-state index contributed by atoms with van der Waals surface area (Å²) in [4.78, 5) is 22.5. The third-order valence-corrected chi connectivity index (χ3v) is 9.35. The monoisotopic (exact) mass is 756 g/mol. The highest BCUT2D eigenvalue weighted by atomic mass is 32.2. The van der Waals surface area contributed by atoms with Gasteiger partial charge in [-0.25, -0.2) is 9.59 Å². The summed E-state index contributed by atoms with van der Waals surface area (Å²) in [6, 6.07) is 22.7. The molecule has 2 amide bonds. The number of urea groups is 1. The molecule has 0 unspecified atom stereocenters. The molecule has 0 atom stereocenters. The van der Waals surface area contributed by atoms with Gasteiger partial charge >= 0.3 is 12.0 Å². The number of carbonyl (C=O) groups excluding carboxylic acids is 1. The average molecular weight is 757 g/mol. The van der Waals surface area contributed by atoms with Gasteiger partial charge in [0.2, 0.25) is 0 Å². The maximum absolute atomic E-state index is 13.0. The Bertz CT molecular complexity index is 2740. The van der Waals surface area contributed by atoms with Crippen LogP contribution in [-0.4, -0.2) is 53.3 Å². The SMILES string of the molecule is O=C(Nc1ccc2c(O)c(N=Nc3ccccc3)c(S(=O)(=O)O)cc2c1)Nc1ccc2c(S(=O)(=O)O)c(N=Nc3ccc(C(=O)O)cc3)c(O)cc2c1. The molecule has 7 N–H and O–H groups in total. The van der Waals surface area contributed by atoms with Gasteiger partial charge in [0.05, 0.1) is 16.9 Å². The molecule has 6 aromatic carbocycles. The van der Waals surface area contributed by atoms with Crippen molar-refractivity contribution in [3.8, 4) is 11.5 Å². The van der Waals surface area contributed by atoms with Crippen molar-refractivity contribution in [1.82, 2.24) is 0 Å². The van der Waals surface area contributed by atoms with Crippen LogP contribution in [0.1, 0.15) is 10.4 Å². The molecule has 0 aliphatic carbocycles. The van der Waals surface area contributed by atoms with Gasteiger partial charge < -0.3 is 26.0 Å². The number of carbonyl (C=O) groups is 2. The maximum atomic E-state index is 13.0. The summed E-state index contributed by atoms with van der Waals surface area (Å²) in [6.07, 6.45) is 0. The highest BCUT2D eigenvalue weighted by molar-refractivity contribution is 7.86. The van der Waals surface area contributed by atoms with Crippen LogP contribution >= 0.6 is 0 Å². The van der Waals surface area contributed by atoms with Crippen molar-refractivity contribution in [3.63, 3.8) is 0 Å². The highest BCUT2D eigenvalue weighted by Gasteiger charge is 2.25. The predicted molar refractivity (Wildman–Crippen MR) is 192 cm³/mol. The van der Waals surface area contributed by atoms with Gasteiger partial charge in [-0.2, -0.15) is 27.1 Å². The van der Waals surface area contributed by atoms with E-state index in [1.165, 1.54) is 60.7 Å². The van der Waals surface area contributed by atoms with E-state index in [0.717, 1.165) is 12.1 Å². The Labute approximate surface area is 299 Å². The topological polar surface area (TPSA) is 277 Å². The van der Waals surface area contributed by atoms with Gasteiger partial charge in [0.15, 0.2) is 5.75 Å². The third-order valence-electron chi connectivity index (χ3n) is 7.55. The first-order valence-corrected chi connectivity index (χ1v) is 17.8. The van der Waals surface area contributed by atoms with Crippen molar-refractivity contribution in [1.29, 1.82) is 0 Å². The van der Waals surface area contributed by atoms with Gasteiger partial charge in [-0.3, -0.25) is 9.11 Å². The van der Waals surface area contributed by atoms with Crippen molar-refractivity contribution in [2.45, 2.75) is 9.79 Å². The van der Waals surface area contributed by atoms with Gasteiger partial charge in [0.1, 0.15) is 26.9 Å². The van der Waals surface area contributed by atoms with E-state index in [-0.39, 0.29) is 44.2 Å². The Morgan fingerprint density at radius 3 is 1.70 bits per heavy atom. The number of nitrogens with one attached hydrogen (secondary N) is 2. The Balaban J connectivity index is 1.27. The molecule has 17 nitrogen and oxygen atoms in total. The minimum Gasteiger partial charge on any atom is -0.506 e. The molecule has 6 aromatic rings. The lowest BCUT2D eigenvalue weighted by molar-refractivity contribution is 0.0696. The molecule has 0 aromatic heterocycles. The Morgan fingerprint density at radius 1 is 0.585 bits per heavy atom. The van der Waals surface area contributed by atoms with Crippen LogP contribution in [0, 0.1) is 0 Å². The quantitative estimate of drug-likeness (QED) is 0.0547. The number of hydrogen-bond acceptors (Lipinski definition) is 12. The molecule has 268 valence electrons. The van der Waals surface area contributed by atoms with Crippen molar-refractivity contribution in [3.05, 3.63) is 109 Å². The number of carboxylic acids is 1. The first kappa shape index (κ1) is 36.0. The van der Waals surface area contributed by atoms with Crippen LogP contribution in [0.4, 0.5) is 38.9 Å². The standard InChI is InChI=1S/C34H24N6O11S2/c41-27-16-19-14-24(11-13-26(19)32(53(49,50)51)29(27)39-38-22-8-6-18(7-9-22)33(43)44)36-34(45)35-23-10-12-25-20(15-23)17-28(52(46,47)48)30(31(25)42)40-37-21-4-2-1-3-5-21/h1-17,41-42H,(H,43,44)(H2,35,36,45)(H,46,47,48)(H,49,50,51). The second-order valence-corrected chi connectivity index (χ2v) is 13.9. The number of azo groups is 2. The lowest BCUT2D eigenvalue weighted by atomic mass is 10.1. The number of fused-ring (bicyclic) bond motifs is 2. The van der Waals surface area contributed by atoms with Crippen molar-refractivity contribution in [2.24, 2.45) is 20.5 Å². The van der Waals surface area contributed by atoms with E-state index in [1.807, 2.05) is 0 Å². The molecule has 6 rings (SSSR count). The lowest BCUT2D eigenvalue weighted by Gasteiger charge is -2.13. The number of anilines is 2. The maximum Gasteiger partial charge on any atom is 0.335 e. The molecular weight excluding hydrogens is 733 g/mol. The molecule has 0 bridgehead atoms. The number of hydrogen-bond donors (Lipinski definition) is 7. The van der Waals surface area contributed by atoms with Crippen LogP contribution in [0.2, 0.25) is 0 Å². The van der Waals surface area contributed by atoms with Crippen molar-refractivity contribution < 1.29 is 50.8 Å². The van der Waals surface area contributed by atoms with E-state index in [0.29, 0.717) is 5.69 Å². The summed E-state index contributed by atoms with van der Waals surface area (Å²) in [7, 11) is -9.91. The summed E-state index contributed by atoms with van der Waals surface area (Å²) in [5.74, 6) is -2.45. The van der Waals surface area contributed by atoms with Crippen LogP contribution in [0.3, 0.4) is 0 Å². The predicted octanol–water partition coefficient (Wildman–Crippen LogP) is 8.07. The minimum atomic E-state index is -5.01. The zero-order valence-electron chi connectivity index (χ0n) is 26.6.